The summed E-state index contributed by atoms with van der Waals surface area (Å²) >= 11 is 0. The van der Waals surface area contributed by atoms with Gasteiger partial charge in [0.05, 0.1) is 12.7 Å². The van der Waals surface area contributed by atoms with Gasteiger partial charge in [0, 0.05) is 19.7 Å². The van der Waals surface area contributed by atoms with E-state index in [1.165, 1.54) is 0 Å². The molecule has 2 N–H and O–H groups in total. The van der Waals surface area contributed by atoms with Crippen LogP contribution in [0.5, 0.6) is 0 Å². The fourth-order valence-corrected chi connectivity index (χ4v) is 1.62. The molecule has 0 bridgehead atoms. The van der Waals surface area contributed by atoms with Crippen molar-refractivity contribution < 1.29 is 14.6 Å². The summed E-state index contributed by atoms with van der Waals surface area (Å²) in [5.74, 6) is 0. The maximum Gasteiger partial charge on any atom is 0.147 e. The molecule has 90 valence electrons. The minimum atomic E-state index is 0.153. The Labute approximate surface area is 92.0 Å². The maximum atomic E-state index is 8.88. The van der Waals surface area contributed by atoms with E-state index < -0.39 is 0 Å². The third-order valence-corrected chi connectivity index (χ3v) is 2.74. The van der Waals surface area contributed by atoms with E-state index in [1.807, 2.05) is 0 Å². The van der Waals surface area contributed by atoms with Gasteiger partial charge in [-0.25, -0.2) is 0 Å². The molecular weight excluding hydrogens is 194 g/mol. The van der Waals surface area contributed by atoms with Gasteiger partial charge in [-0.15, -0.1) is 0 Å². The fourth-order valence-electron chi connectivity index (χ4n) is 1.62. The van der Waals surface area contributed by atoms with Crippen molar-refractivity contribution in [2.75, 3.05) is 33.1 Å². The van der Waals surface area contributed by atoms with E-state index in [0.29, 0.717) is 6.79 Å². The van der Waals surface area contributed by atoms with E-state index in [1.54, 1.807) is 0 Å². The molecule has 0 aromatic carbocycles. The van der Waals surface area contributed by atoms with Gasteiger partial charge < -0.3 is 19.9 Å². The molecule has 0 saturated carbocycles. The minimum Gasteiger partial charge on any atom is -0.396 e. The summed E-state index contributed by atoms with van der Waals surface area (Å²) in [7, 11) is 0. The topological polar surface area (TPSA) is 50.7 Å². The molecular formula is C11H23NO3. The molecule has 0 aliphatic carbocycles. The van der Waals surface area contributed by atoms with Crippen molar-refractivity contribution in [3.05, 3.63) is 0 Å². The Kier molecular flexibility index (Phi) is 5.53. The Morgan fingerprint density at radius 2 is 2.27 bits per heavy atom. The molecule has 15 heavy (non-hydrogen) atoms. The van der Waals surface area contributed by atoms with Gasteiger partial charge in [-0.05, 0) is 18.3 Å². The average Bonchev–Trinajstić information content (AvgIpc) is 2.19. The van der Waals surface area contributed by atoms with Crippen molar-refractivity contribution in [1.82, 2.24) is 5.32 Å². The lowest BCUT2D eigenvalue weighted by Crippen LogP contribution is -2.38. The van der Waals surface area contributed by atoms with Gasteiger partial charge >= 0.3 is 0 Å². The van der Waals surface area contributed by atoms with Crippen LogP contribution in [0.15, 0.2) is 0 Å². The van der Waals surface area contributed by atoms with Crippen LogP contribution in [-0.2, 0) is 9.47 Å². The second kappa shape index (κ2) is 6.43. The van der Waals surface area contributed by atoms with Crippen molar-refractivity contribution in [2.24, 2.45) is 5.41 Å². The molecule has 1 aliphatic rings. The molecule has 4 heteroatoms. The quantitative estimate of drug-likeness (QED) is 0.689. The van der Waals surface area contributed by atoms with E-state index in [0.717, 1.165) is 32.5 Å². The fraction of sp³-hybridized carbons (Fsp3) is 1.00. The van der Waals surface area contributed by atoms with Gasteiger partial charge in [0.25, 0.3) is 0 Å². The van der Waals surface area contributed by atoms with Crippen LogP contribution in [0.3, 0.4) is 0 Å². The smallest absolute Gasteiger partial charge is 0.147 e. The first kappa shape index (κ1) is 12.9. The summed E-state index contributed by atoms with van der Waals surface area (Å²) in [6.45, 7) is 7.57. The first-order chi connectivity index (χ1) is 7.14. The Morgan fingerprint density at radius 3 is 2.87 bits per heavy atom. The van der Waals surface area contributed by atoms with Gasteiger partial charge in [0.1, 0.15) is 6.79 Å². The van der Waals surface area contributed by atoms with Crippen LogP contribution in [0.2, 0.25) is 0 Å². The van der Waals surface area contributed by atoms with Crippen LogP contribution in [0.1, 0.15) is 26.7 Å². The van der Waals surface area contributed by atoms with E-state index in [4.69, 9.17) is 14.6 Å². The van der Waals surface area contributed by atoms with E-state index in [2.05, 4.69) is 19.2 Å². The maximum absolute atomic E-state index is 8.88. The van der Waals surface area contributed by atoms with E-state index in [-0.39, 0.29) is 18.1 Å². The molecule has 0 radical (unpaired) electrons. The number of ether oxygens (including phenoxy) is 2. The van der Waals surface area contributed by atoms with Crippen molar-refractivity contribution in [3.8, 4) is 0 Å². The van der Waals surface area contributed by atoms with Crippen molar-refractivity contribution in [2.45, 2.75) is 32.8 Å². The summed E-state index contributed by atoms with van der Waals surface area (Å²) in [4.78, 5) is 0. The predicted octanol–water partition coefficient (Wildman–Crippen LogP) is 0.748. The second-order valence-corrected chi connectivity index (χ2v) is 4.87. The van der Waals surface area contributed by atoms with Gasteiger partial charge in [-0.2, -0.15) is 0 Å². The summed E-state index contributed by atoms with van der Waals surface area (Å²) in [5.41, 5.74) is 0.153. The zero-order chi connectivity index (χ0) is 11.1. The number of rotatable bonds is 6. The van der Waals surface area contributed by atoms with Crippen molar-refractivity contribution >= 4 is 0 Å². The molecule has 1 aliphatic heterocycles. The van der Waals surface area contributed by atoms with Crippen LogP contribution in [-0.4, -0.2) is 44.3 Å². The van der Waals surface area contributed by atoms with Gasteiger partial charge in [0.15, 0.2) is 0 Å². The Bertz CT molecular complexity index is 167. The number of nitrogens with one attached hydrogen (secondary N) is 1. The largest absolute Gasteiger partial charge is 0.396 e. The Hall–Kier alpha value is -0.160. The highest BCUT2D eigenvalue weighted by atomic mass is 16.7. The van der Waals surface area contributed by atoms with Crippen molar-refractivity contribution in [1.29, 1.82) is 0 Å². The van der Waals surface area contributed by atoms with Gasteiger partial charge in [0.2, 0.25) is 0 Å². The normalized spacial score (nSPS) is 23.0. The predicted molar refractivity (Wildman–Crippen MR) is 58.7 cm³/mol. The molecule has 1 fully saturated rings. The van der Waals surface area contributed by atoms with E-state index in [9.17, 15) is 0 Å². The van der Waals surface area contributed by atoms with Crippen LogP contribution < -0.4 is 5.32 Å². The molecule has 1 saturated heterocycles. The van der Waals surface area contributed by atoms with Crippen LogP contribution >= 0.6 is 0 Å². The second-order valence-electron chi connectivity index (χ2n) is 4.87. The highest BCUT2D eigenvalue weighted by Crippen LogP contribution is 2.18. The van der Waals surface area contributed by atoms with Gasteiger partial charge in [-0.1, -0.05) is 13.8 Å². The number of hydrogen-bond donors (Lipinski definition) is 2. The lowest BCUT2D eigenvalue weighted by atomic mass is 9.90. The SMILES string of the molecule is CC(C)(CCO)CNCC1CCOCO1. The van der Waals surface area contributed by atoms with Crippen LogP contribution in [0, 0.1) is 5.41 Å². The van der Waals surface area contributed by atoms with Crippen LogP contribution in [0.4, 0.5) is 0 Å². The minimum absolute atomic E-state index is 0.153. The van der Waals surface area contributed by atoms with E-state index >= 15 is 0 Å². The highest BCUT2D eigenvalue weighted by molar-refractivity contribution is 4.73. The third kappa shape index (κ3) is 5.47. The lowest BCUT2D eigenvalue weighted by Gasteiger charge is -2.27. The monoisotopic (exact) mass is 217 g/mol. The molecule has 0 spiro atoms. The zero-order valence-electron chi connectivity index (χ0n) is 9.79. The summed E-state index contributed by atoms with van der Waals surface area (Å²) in [5, 5.41) is 12.3. The molecule has 0 aromatic heterocycles. The molecule has 4 nitrogen and oxygen atoms in total. The first-order valence-electron chi connectivity index (χ1n) is 5.65. The average molecular weight is 217 g/mol. The summed E-state index contributed by atoms with van der Waals surface area (Å²) in [6.07, 6.45) is 2.07. The number of aliphatic hydroxyl groups excluding tert-OH is 1. The highest BCUT2D eigenvalue weighted by Gasteiger charge is 2.18. The molecule has 1 unspecified atom stereocenters. The standard InChI is InChI=1S/C11H23NO3/c1-11(2,4-5-13)8-12-7-10-3-6-14-9-15-10/h10,12-13H,3-9H2,1-2H3. The number of aliphatic hydroxyl groups is 1. The molecule has 1 heterocycles. The summed E-state index contributed by atoms with van der Waals surface area (Å²) < 4.78 is 10.5. The van der Waals surface area contributed by atoms with Crippen LogP contribution in [0.25, 0.3) is 0 Å². The third-order valence-electron chi connectivity index (χ3n) is 2.74. The Morgan fingerprint density at radius 1 is 1.47 bits per heavy atom. The molecule has 0 aromatic rings. The molecule has 1 rings (SSSR count). The molecule has 1 atom stereocenters. The summed E-state index contributed by atoms with van der Waals surface area (Å²) in [6, 6.07) is 0. The molecule has 0 amide bonds. The Balaban J connectivity index is 2.09. The van der Waals surface area contributed by atoms with Crippen molar-refractivity contribution in [3.63, 3.8) is 0 Å². The zero-order valence-corrected chi connectivity index (χ0v) is 9.79. The van der Waals surface area contributed by atoms with Gasteiger partial charge in [-0.3, -0.25) is 0 Å². The first-order valence-corrected chi connectivity index (χ1v) is 5.65. The lowest BCUT2D eigenvalue weighted by molar-refractivity contribution is -0.137. The number of hydrogen-bond acceptors (Lipinski definition) is 4.